The number of nitrogens with one attached hydrogen (secondary N) is 1. The number of rotatable bonds is 3. The Kier molecular flexibility index (Phi) is 3.83. The Balaban J connectivity index is 3.26. The number of nitrogens with zero attached hydrogens (tertiary/aromatic N) is 2. The van der Waals surface area contributed by atoms with E-state index in [1.165, 1.54) is 6.20 Å². The number of halogens is 1. The second kappa shape index (κ2) is 4.95. The first kappa shape index (κ1) is 13.2. The summed E-state index contributed by atoms with van der Waals surface area (Å²) in [4.78, 5) is 12.0. The Morgan fingerprint density at radius 1 is 1.59 bits per heavy atom. The third kappa shape index (κ3) is 3.03. The van der Waals surface area contributed by atoms with E-state index >= 15 is 0 Å². The molecule has 17 heavy (non-hydrogen) atoms. The first-order chi connectivity index (χ1) is 7.91. The summed E-state index contributed by atoms with van der Waals surface area (Å²) in [7, 11) is 0. The molecule has 0 atom stereocenters. The summed E-state index contributed by atoms with van der Waals surface area (Å²) in [5.41, 5.74) is -0.864. The van der Waals surface area contributed by atoms with Crippen LogP contribution in [0, 0.1) is 24.7 Å². The molecule has 0 spiro atoms. The third-order valence-electron chi connectivity index (χ3n) is 2.04. The minimum atomic E-state index is -0.682. The summed E-state index contributed by atoms with van der Waals surface area (Å²) in [6, 6.07) is 0. The van der Waals surface area contributed by atoms with E-state index in [2.05, 4.69) is 22.3 Å². The van der Waals surface area contributed by atoms with Gasteiger partial charge in [0.25, 0.3) is 5.56 Å². The molecule has 0 amide bonds. The van der Waals surface area contributed by atoms with Crippen LogP contribution in [0.25, 0.3) is 0 Å². The molecule has 88 valence electrons. The average molecular weight is 250 g/mol. The molecule has 1 rings (SSSR count). The smallest absolute Gasteiger partial charge is 0.292 e. The van der Waals surface area contributed by atoms with Crippen molar-refractivity contribution in [2.75, 3.05) is 5.32 Å². The van der Waals surface area contributed by atoms with Gasteiger partial charge in [0.1, 0.15) is 12.2 Å². The summed E-state index contributed by atoms with van der Waals surface area (Å²) in [5, 5.41) is 6.93. The van der Waals surface area contributed by atoms with Gasteiger partial charge in [0.2, 0.25) is 0 Å². The molecule has 5 heteroatoms. The molecule has 0 bridgehead atoms. The van der Waals surface area contributed by atoms with Gasteiger partial charge in [-0.3, -0.25) is 4.79 Å². The van der Waals surface area contributed by atoms with Gasteiger partial charge in [-0.15, -0.1) is 12.8 Å². The van der Waals surface area contributed by atoms with Gasteiger partial charge < -0.3 is 5.32 Å². The van der Waals surface area contributed by atoms with E-state index in [9.17, 15) is 4.79 Å². The van der Waals surface area contributed by atoms with Gasteiger partial charge in [-0.2, -0.15) is 5.10 Å². The van der Waals surface area contributed by atoms with Crippen LogP contribution in [-0.4, -0.2) is 15.3 Å². The number of anilines is 1. The minimum absolute atomic E-state index is 0.0845. The van der Waals surface area contributed by atoms with E-state index < -0.39 is 11.1 Å². The van der Waals surface area contributed by atoms with Gasteiger partial charge in [-0.05, 0) is 13.8 Å². The fourth-order valence-corrected chi connectivity index (χ4v) is 1.30. The zero-order valence-electron chi connectivity index (χ0n) is 9.62. The van der Waals surface area contributed by atoms with E-state index in [1.807, 2.05) is 0 Å². The molecule has 0 aliphatic rings. The molecule has 0 fully saturated rings. The van der Waals surface area contributed by atoms with Gasteiger partial charge in [-0.1, -0.05) is 23.4 Å². The molecule has 0 unspecified atom stereocenters. The van der Waals surface area contributed by atoms with Gasteiger partial charge >= 0.3 is 0 Å². The van der Waals surface area contributed by atoms with E-state index in [1.54, 1.807) is 13.8 Å². The fourth-order valence-electron chi connectivity index (χ4n) is 1.13. The Bertz CT molecular complexity index is 561. The highest BCUT2D eigenvalue weighted by molar-refractivity contribution is 6.33. The van der Waals surface area contributed by atoms with Crippen LogP contribution in [0.4, 0.5) is 5.69 Å². The maximum Gasteiger partial charge on any atom is 0.292 e. The first-order valence-corrected chi connectivity index (χ1v) is 5.24. The summed E-state index contributed by atoms with van der Waals surface area (Å²) < 4.78 is 1.14. The highest BCUT2D eigenvalue weighted by Crippen LogP contribution is 2.19. The van der Waals surface area contributed by atoms with Crippen LogP contribution in [0.5, 0.6) is 0 Å². The second-order valence-electron chi connectivity index (χ2n) is 3.93. The molecule has 4 nitrogen and oxygen atoms in total. The van der Waals surface area contributed by atoms with Crippen LogP contribution in [0.2, 0.25) is 5.02 Å². The number of hydrogen-bond donors (Lipinski definition) is 1. The van der Waals surface area contributed by atoms with E-state index in [0.717, 1.165) is 4.68 Å². The summed E-state index contributed by atoms with van der Waals surface area (Å²) in [6.45, 7) is 3.60. The maximum atomic E-state index is 12.0. The van der Waals surface area contributed by atoms with Crippen LogP contribution < -0.4 is 10.9 Å². The quantitative estimate of drug-likeness (QED) is 0.823. The molecule has 0 aromatic carbocycles. The second-order valence-corrected chi connectivity index (χ2v) is 4.34. The lowest BCUT2D eigenvalue weighted by Gasteiger charge is -2.21. The Labute approximate surface area is 105 Å². The van der Waals surface area contributed by atoms with Gasteiger partial charge in [0.15, 0.2) is 0 Å². The van der Waals surface area contributed by atoms with Crippen LogP contribution in [0.3, 0.4) is 0 Å². The molecule has 1 N–H and O–H groups in total. The van der Waals surface area contributed by atoms with Crippen LogP contribution in [0.15, 0.2) is 11.0 Å². The molecular weight excluding hydrogens is 238 g/mol. The molecule has 1 aromatic rings. The summed E-state index contributed by atoms with van der Waals surface area (Å²) in [5.74, 6) is 4.85. The summed E-state index contributed by atoms with van der Waals surface area (Å²) in [6.07, 6.45) is 11.8. The highest BCUT2D eigenvalue weighted by atomic mass is 35.5. The standard InChI is InChI=1S/C12H12ClN3O/c1-5-7-16-11(17)10(9(13)8-14-16)15-12(3,4)6-2/h1-2,8,15H,7H2,3-4H3. The van der Waals surface area contributed by atoms with Crippen LogP contribution in [0.1, 0.15) is 13.8 Å². The number of terminal acetylenes is 2. The van der Waals surface area contributed by atoms with Crippen molar-refractivity contribution in [3.63, 3.8) is 0 Å². The van der Waals surface area contributed by atoms with Crippen molar-refractivity contribution in [1.82, 2.24) is 9.78 Å². The maximum absolute atomic E-state index is 12.0. The van der Waals surface area contributed by atoms with Crippen molar-refractivity contribution < 1.29 is 0 Å². The molecule has 0 aliphatic carbocycles. The Morgan fingerprint density at radius 3 is 2.76 bits per heavy atom. The molecule has 1 heterocycles. The van der Waals surface area contributed by atoms with E-state index in [0.29, 0.717) is 0 Å². The van der Waals surface area contributed by atoms with Gasteiger partial charge in [0.05, 0.1) is 16.8 Å². The minimum Gasteiger partial charge on any atom is -0.364 e. The van der Waals surface area contributed by atoms with Gasteiger partial charge in [-0.25, -0.2) is 4.68 Å². The predicted octanol–water partition coefficient (Wildman–Crippen LogP) is 1.35. The topological polar surface area (TPSA) is 46.9 Å². The van der Waals surface area contributed by atoms with Crippen LogP contribution >= 0.6 is 11.6 Å². The highest BCUT2D eigenvalue weighted by Gasteiger charge is 2.18. The number of hydrogen-bond acceptors (Lipinski definition) is 3. The molecule has 0 saturated heterocycles. The molecule has 0 radical (unpaired) electrons. The van der Waals surface area contributed by atoms with E-state index in [-0.39, 0.29) is 17.3 Å². The summed E-state index contributed by atoms with van der Waals surface area (Å²) >= 11 is 5.91. The molecule has 0 saturated carbocycles. The zero-order chi connectivity index (χ0) is 13.1. The predicted molar refractivity (Wildman–Crippen MR) is 68.9 cm³/mol. The normalized spacial score (nSPS) is 10.4. The van der Waals surface area contributed by atoms with Crippen molar-refractivity contribution in [2.24, 2.45) is 0 Å². The average Bonchev–Trinajstić information content (AvgIpc) is 2.28. The number of aromatic nitrogens is 2. The van der Waals surface area contributed by atoms with Crippen molar-refractivity contribution in [2.45, 2.75) is 25.9 Å². The monoisotopic (exact) mass is 249 g/mol. The molecular formula is C12H12ClN3O. The SMILES string of the molecule is C#CCn1ncc(Cl)c(NC(C)(C)C#C)c1=O. The lowest BCUT2D eigenvalue weighted by molar-refractivity contribution is 0.656. The van der Waals surface area contributed by atoms with Crippen molar-refractivity contribution in [3.8, 4) is 24.7 Å². The van der Waals surface area contributed by atoms with Crippen molar-refractivity contribution in [1.29, 1.82) is 0 Å². The zero-order valence-corrected chi connectivity index (χ0v) is 10.4. The molecule has 1 aromatic heterocycles. The lowest BCUT2D eigenvalue weighted by atomic mass is 10.1. The van der Waals surface area contributed by atoms with E-state index in [4.69, 9.17) is 24.4 Å². The van der Waals surface area contributed by atoms with Crippen molar-refractivity contribution >= 4 is 17.3 Å². The Morgan fingerprint density at radius 2 is 2.24 bits per heavy atom. The van der Waals surface area contributed by atoms with Crippen LogP contribution in [-0.2, 0) is 6.54 Å². The Hall–Kier alpha value is -1.91. The van der Waals surface area contributed by atoms with Gasteiger partial charge in [0, 0.05) is 0 Å². The molecule has 0 aliphatic heterocycles. The first-order valence-electron chi connectivity index (χ1n) is 4.86. The fraction of sp³-hybridized carbons (Fsp3) is 0.333. The van der Waals surface area contributed by atoms with Crippen molar-refractivity contribution in [3.05, 3.63) is 21.6 Å². The largest absolute Gasteiger partial charge is 0.364 e. The lowest BCUT2D eigenvalue weighted by Crippen LogP contribution is -2.34. The third-order valence-corrected chi connectivity index (χ3v) is 2.32.